The maximum atomic E-state index is 13.7. The standard InChI is InChI=1S/C19H18F4N2O/c20-17-4-2-1-3-16(17)18(26)25-11-9-24(10-12-25)13-14-5-7-15(8-6-14)19(21,22)23/h1-8H,9-13H2. The summed E-state index contributed by atoms with van der Waals surface area (Å²) in [6, 6.07) is 11.0. The zero-order valence-corrected chi connectivity index (χ0v) is 14.0. The number of piperazine rings is 1. The fourth-order valence-electron chi connectivity index (χ4n) is 2.97. The van der Waals surface area contributed by atoms with Gasteiger partial charge in [0.05, 0.1) is 11.1 Å². The van der Waals surface area contributed by atoms with Crippen molar-refractivity contribution in [1.29, 1.82) is 0 Å². The Morgan fingerprint density at radius 1 is 0.923 bits per heavy atom. The third-order valence-electron chi connectivity index (χ3n) is 4.45. The van der Waals surface area contributed by atoms with Gasteiger partial charge in [0.1, 0.15) is 5.82 Å². The molecule has 0 aromatic heterocycles. The first-order valence-corrected chi connectivity index (χ1v) is 8.27. The summed E-state index contributed by atoms with van der Waals surface area (Å²) < 4.78 is 51.5. The molecule has 0 N–H and O–H groups in total. The van der Waals surface area contributed by atoms with E-state index in [1.165, 1.54) is 30.3 Å². The summed E-state index contributed by atoms with van der Waals surface area (Å²) in [6.45, 7) is 2.59. The van der Waals surface area contributed by atoms with Gasteiger partial charge in [-0.2, -0.15) is 13.2 Å². The number of rotatable bonds is 3. The molecule has 1 aliphatic heterocycles. The maximum Gasteiger partial charge on any atom is 0.416 e. The van der Waals surface area contributed by atoms with Crippen molar-refractivity contribution in [2.75, 3.05) is 26.2 Å². The third kappa shape index (κ3) is 4.22. The number of benzene rings is 2. The van der Waals surface area contributed by atoms with E-state index in [1.54, 1.807) is 11.0 Å². The van der Waals surface area contributed by atoms with Gasteiger partial charge in [-0.1, -0.05) is 24.3 Å². The molecule has 3 rings (SSSR count). The molecule has 1 aliphatic rings. The van der Waals surface area contributed by atoms with Gasteiger partial charge in [-0.3, -0.25) is 9.69 Å². The summed E-state index contributed by atoms with van der Waals surface area (Å²) in [7, 11) is 0. The lowest BCUT2D eigenvalue weighted by molar-refractivity contribution is -0.137. The van der Waals surface area contributed by atoms with E-state index in [9.17, 15) is 22.4 Å². The van der Waals surface area contributed by atoms with Crippen molar-refractivity contribution in [2.24, 2.45) is 0 Å². The zero-order valence-electron chi connectivity index (χ0n) is 14.0. The minimum atomic E-state index is -4.34. The number of nitrogens with zero attached hydrogens (tertiary/aromatic N) is 2. The van der Waals surface area contributed by atoms with Gasteiger partial charge in [-0.15, -0.1) is 0 Å². The fraction of sp³-hybridized carbons (Fsp3) is 0.316. The predicted octanol–water partition coefficient (Wildman–Crippen LogP) is 3.80. The topological polar surface area (TPSA) is 23.6 Å². The van der Waals surface area contributed by atoms with E-state index in [0.717, 1.165) is 17.7 Å². The van der Waals surface area contributed by atoms with E-state index in [4.69, 9.17) is 0 Å². The van der Waals surface area contributed by atoms with E-state index in [1.807, 2.05) is 0 Å². The Labute approximate surface area is 148 Å². The highest BCUT2D eigenvalue weighted by Gasteiger charge is 2.30. The smallest absolute Gasteiger partial charge is 0.336 e. The molecule has 1 fully saturated rings. The van der Waals surface area contributed by atoms with Crippen LogP contribution in [0.1, 0.15) is 21.5 Å². The third-order valence-corrected chi connectivity index (χ3v) is 4.45. The summed E-state index contributed by atoms with van der Waals surface area (Å²) in [6.07, 6.45) is -4.34. The molecule has 0 radical (unpaired) electrons. The van der Waals surface area contributed by atoms with Gasteiger partial charge < -0.3 is 4.90 Å². The van der Waals surface area contributed by atoms with Crippen molar-refractivity contribution in [3.8, 4) is 0 Å². The van der Waals surface area contributed by atoms with Crippen LogP contribution in [0.2, 0.25) is 0 Å². The Morgan fingerprint density at radius 3 is 2.12 bits per heavy atom. The Kier molecular flexibility index (Phi) is 5.27. The molecule has 2 aromatic rings. The van der Waals surface area contributed by atoms with Crippen LogP contribution in [0.4, 0.5) is 17.6 Å². The van der Waals surface area contributed by atoms with E-state index >= 15 is 0 Å². The molecule has 0 aliphatic carbocycles. The highest BCUT2D eigenvalue weighted by molar-refractivity contribution is 5.94. The number of carbonyl (C=O) groups excluding carboxylic acids is 1. The van der Waals surface area contributed by atoms with Gasteiger partial charge >= 0.3 is 6.18 Å². The summed E-state index contributed by atoms with van der Waals surface area (Å²) in [5.74, 6) is -0.873. The second-order valence-electron chi connectivity index (χ2n) is 6.24. The van der Waals surface area contributed by atoms with Crippen LogP contribution in [-0.2, 0) is 12.7 Å². The Bertz CT molecular complexity index is 766. The number of alkyl halides is 3. The van der Waals surface area contributed by atoms with Crippen molar-refractivity contribution >= 4 is 5.91 Å². The molecule has 0 saturated carbocycles. The van der Waals surface area contributed by atoms with Gasteiger partial charge in [-0.25, -0.2) is 4.39 Å². The van der Waals surface area contributed by atoms with Crippen LogP contribution < -0.4 is 0 Å². The number of carbonyl (C=O) groups is 1. The Balaban J connectivity index is 1.56. The fourth-order valence-corrected chi connectivity index (χ4v) is 2.97. The summed E-state index contributed by atoms with van der Waals surface area (Å²) >= 11 is 0. The van der Waals surface area contributed by atoms with Gasteiger partial charge in [0, 0.05) is 32.7 Å². The molecule has 0 unspecified atom stereocenters. The monoisotopic (exact) mass is 366 g/mol. The van der Waals surface area contributed by atoms with E-state index in [-0.39, 0.29) is 11.5 Å². The van der Waals surface area contributed by atoms with Gasteiger partial charge in [0.15, 0.2) is 0 Å². The molecule has 1 heterocycles. The van der Waals surface area contributed by atoms with Crippen LogP contribution in [-0.4, -0.2) is 41.9 Å². The number of hydrogen-bond donors (Lipinski definition) is 0. The summed E-state index contributed by atoms with van der Waals surface area (Å²) in [5, 5.41) is 0. The average molecular weight is 366 g/mol. The molecular formula is C19H18F4N2O. The minimum absolute atomic E-state index is 0.0590. The molecule has 1 saturated heterocycles. The highest BCUT2D eigenvalue weighted by atomic mass is 19.4. The van der Waals surface area contributed by atoms with Crippen LogP contribution in [0.25, 0.3) is 0 Å². The van der Waals surface area contributed by atoms with E-state index in [0.29, 0.717) is 32.7 Å². The van der Waals surface area contributed by atoms with Crippen molar-refractivity contribution < 1.29 is 22.4 Å². The molecular weight excluding hydrogens is 348 g/mol. The van der Waals surface area contributed by atoms with Crippen LogP contribution in [0, 0.1) is 5.82 Å². The van der Waals surface area contributed by atoms with Crippen LogP contribution in [0.3, 0.4) is 0 Å². The van der Waals surface area contributed by atoms with E-state index < -0.39 is 17.6 Å². The van der Waals surface area contributed by atoms with Gasteiger partial charge in [0.25, 0.3) is 5.91 Å². The van der Waals surface area contributed by atoms with Crippen molar-refractivity contribution in [2.45, 2.75) is 12.7 Å². The first kappa shape index (κ1) is 18.4. The largest absolute Gasteiger partial charge is 0.416 e. The maximum absolute atomic E-state index is 13.7. The quantitative estimate of drug-likeness (QED) is 0.772. The Hall–Kier alpha value is -2.41. The number of halogens is 4. The van der Waals surface area contributed by atoms with Gasteiger partial charge in [-0.05, 0) is 29.8 Å². The van der Waals surface area contributed by atoms with Crippen LogP contribution >= 0.6 is 0 Å². The molecule has 1 amide bonds. The van der Waals surface area contributed by atoms with E-state index in [2.05, 4.69) is 4.90 Å². The molecule has 0 bridgehead atoms. The lowest BCUT2D eigenvalue weighted by Crippen LogP contribution is -2.48. The first-order valence-electron chi connectivity index (χ1n) is 8.27. The summed E-state index contributed by atoms with van der Waals surface area (Å²) in [4.78, 5) is 16.0. The van der Waals surface area contributed by atoms with Crippen molar-refractivity contribution in [1.82, 2.24) is 9.80 Å². The first-order chi connectivity index (χ1) is 12.3. The predicted molar refractivity (Wildman–Crippen MR) is 89.0 cm³/mol. The SMILES string of the molecule is O=C(c1ccccc1F)N1CCN(Cc2ccc(C(F)(F)F)cc2)CC1. The molecule has 7 heteroatoms. The van der Waals surface area contributed by atoms with Crippen LogP contribution in [0.15, 0.2) is 48.5 Å². The zero-order chi connectivity index (χ0) is 18.7. The highest BCUT2D eigenvalue weighted by Crippen LogP contribution is 2.29. The van der Waals surface area contributed by atoms with Crippen molar-refractivity contribution in [3.05, 3.63) is 71.0 Å². The lowest BCUT2D eigenvalue weighted by Gasteiger charge is -2.34. The minimum Gasteiger partial charge on any atom is -0.336 e. The molecule has 138 valence electrons. The average Bonchev–Trinajstić information content (AvgIpc) is 2.62. The van der Waals surface area contributed by atoms with Crippen LogP contribution in [0.5, 0.6) is 0 Å². The second kappa shape index (κ2) is 7.45. The summed E-state index contributed by atoms with van der Waals surface area (Å²) in [5.41, 5.74) is 0.178. The molecule has 0 atom stereocenters. The molecule has 0 spiro atoms. The lowest BCUT2D eigenvalue weighted by atomic mass is 10.1. The van der Waals surface area contributed by atoms with Gasteiger partial charge in [0.2, 0.25) is 0 Å². The number of hydrogen-bond acceptors (Lipinski definition) is 2. The normalized spacial score (nSPS) is 15.9. The van der Waals surface area contributed by atoms with Crippen molar-refractivity contribution in [3.63, 3.8) is 0 Å². The molecule has 26 heavy (non-hydrogen) atoms. The molecule has 2 aromatic carbocycles. The number of amides is 1. The molecule has 3 nitrogen and oxygen atoms in total. The second-order valence-corrected chi connectivity index (χ2v) is 6.24. The Morgan fingerprint density at radius 2 is 1.54 bits per heavy atom.